The van der Waals surface area contributed by atoms with Crippen molar-refractivity contribution in [1.82, 2.24) is 5.32 Å². The van der Waals surface area contributed by atoms with Crippen LogP contribution in [-0.4, -0.2) is 17.5 Å². The van der Waals surface area contributed by atoms with Gasteiger partial charge in [0.1, 0.15) is 12.4 Å². The summed E-state index contributed by atoms with van der Waals surface area (Å²) in [7, 11) is 0. The second-order valence-corrected chi connectivity index (χ2v) is 7.22. The van der Waals surface area contributed by atoms with Gasteiger partial charge in [-0.3, -0.25) is 4.79 Å². The Balaban J connectivity index is 1.91. The lowest BCUT2D eigenvalue weighted by Gasteiger charge is -2.13. The molecule has 2 aromatic rings. The summed E-state index contributed by atoms with van der Waals surface area (Å²) >= 11 is -0.139. The van der Waals surface area contributed by atoms with Crippen LogP contribution in [0, 0.1) is 6.92 Å². The number of hydrogen-bond acceptors (Lipinski definition) is 4. The summed E-state index contributed by atoms with van der Waals surface area (Å²) in [4.78, 5) is 11.2. The Kier molecular flexibility index (Phi) is 7.15. The van der Waals surface area contributed by atoms with E-state index in [1.165, 1.54) is 12.1 Å². The van der Waals surface area contributed by atoms with Gasteiger partial charge in [-0.15, -0.1) is 0 Å². The molecule has 27 heavy (non-hydrogen) atoms. The van der Waals surface area contributed by atoms with E-state index in [1.807, 2.05) is 25.1 Å². The average molecular weight is 398 g/mol. The van der Waals surface area contributed by atoms with E-state index in [4.69, 9.17) is 10.5 Å². The van der Waals surface area contributed by atoms with Gasteiger partial charge in [-0.1, -0.05) is 24.3 Å². The second kappa shape index (κ2) is 9.14. The van der Waals surface area contributed by atoms with Gasteiger partial charge >= 0.3 is 5.51 Å². The Morgan fingerprint density at radius 3 is 2.37 bits per heavy atom. The number of rotatable bonds is 8. The number of halogens is 3. The van der Waals surface area contributed by atoms with Gasteiger partial charge in [0.2, 0.25) is 5.91 Å². The van der Waals surface area contributed by atoms with Crippen molar-refractivity contribution in [3.63, 3.8) is 0 Å². The minimum atomic E-state index is -4.29. The summed E-state index contributed by atoms with van der Waals surface area (Å²) in [5.74, 6) is 0.279. The molecule has 1 unspecified atom stereocenters. The molecule has 1 atom stereocenters. The minimum Gasteiger partial charge on any atom is -0.489 e. The molecule has 0 fully saturated rings. The Morgan fingerprint density at radius 1 is 1.19 bits per heavy atom. The SMILES string of the molecule is Cc1cc(CNC(C)C(N)=O)ccc1OCc1ccc(SC(F)(F)F)cc1. The molecule has 0 saturated carbocycles. The quantitative estimate of drug-likeness (QED) is 0.656. The number of carbonyl (C=O) groups is 1. The molecular formula is C19H21F3N2O2S. The highest BCUT2D eigenvalue weighted by atomic mass is 32.2. The molecule has 0 spiro atoms. The molecule has 1 amide bonds. The molecule has 4 nitrogen and oxygen atoms in total. The van der Waals surface area contributed by atoms with Crippen molar-refractivity contribution in [2.75, 3.05) is 0 Å². The number of alkyl halides is 3. The van der Waals surface area contributed by atoms with E-state index in [0.29, 0.717) is 12.3 Å². The number of amides is 1. The predicted octanol–water partition coefficient (Wildman–Crippen LogP) is 4.15. The summed E-state index contributed by atoms with van der Waals surface area (Å²) in [6.45, 7) is 4.36. The van der Waals surface area contributed by atoms with Crippen LogP contribution in [0.25, 0.3) is 0 Å². The van der Waals surface area contributed by atoms with E-state index in [1.54, 1.807) is 19.1 Å². The standard InChI is InChI=1S/C19H21F3N2O2S/c1-12-9-15(10-24-13(2)18(23)25)5-8-17(12)26-11-14-3-6-16(7-4-14)27-19(20,21)22/h3-9,13,24H,10-11H2,1-2H3,(H2,23,25). The zero-order valence-corrected chi connectivity index (χ0v) is 15.8. The molecule has 146 valence electrons. The highest BCUT2D eigenvalue weighted by molar-refractivity contribution is 8.00. The molecule has 0 aromatic heterocycles. The summed E-state index contributed by atoms with van der Waals surface area (Å²) in [5.41, 5.74) is 3.61. The summed E-state index contributed by atoms with van der Waals surface area (Å²) in [6.07, 6.45) is 0. The van der Waals surface area contributed by atoms with Crippen LogP contribution in [-0.2, 0) is 17.9 Å². The smallest absolute Gasteiger partial charge is 0.446 e. The highest BCUT2D eigenvalue weighted by Crippen LogP contribution is 2.36. The Bertz CT molecular complexity index is 780. The van der Waals surface area contributed by atoms with Gasteiger partial charge in [-0.05, 0) is 60.5 Å². The Labute approximate surface area is 160 Å². The fourth-order valence-corrected chi connectivity index (χ4v) is 2.84. The normalized spacial score (nSPS) is 12.6. The van der Waals surface area contributed by atoms with Crippen LogP contribution >= 0.6 is 11.8 Å². The Hall–Kier alpha value is -2.19. The van der Waals surface area contributed by atoms with Crippen LogP contribution in [0.5, 0.6) is 5.75 Å². The van der Waals surface area contributed by atoms with Crippen molar-refractivity contribution < 1.29 is 22.7 Å². The minimum absolute atomic E-state index is 0.139. The average Bonchev–Trinajstić information content (AvgIpc) is 2.58. The lowest BCUT2D eigenvalue weighted by Crippen LogP contribution is -2.38. The maximum Gasteiger partial charge on any atom is 0.446 e. The molecular weight excluding hydrogens is 377 g/mol. The number of carbonyl (C=O) groups excluding carboxylic acids is 1. The van der Waals surface area contributed by atoms with E-state index in [9.17, 15) is 18.0 Å². The number of primary amides is 1. The van der Waals surface area contributed by atoms with Crippen LogP contribution in [0.1, 0.15) is 23.6 Å². The molecule has 0 bridgehead atoms. The zero-order chi connectivity index (χ0) is 20.0. The number of benzene rings is 2. The summed E-state index contributed by atoms with van der Waals surface area (Å²) in [6, 6.07) is 11.3. The molecule has 0 saturated heterocycles. The predicted molar refractivity (Wildman–Crippen MR) is 99.4 cm³/mol. The van der Waals surface area contributed by atoms with Gasteiger partial charge in [0.05, 0.1) is 6.04 Å². The van der Waals surface area contributed by atoms with Gasteiger partial charge in [-0.25, -0.2) is 0 Å². The first kappa shape index (κ1) is 21.1. The molecule has 2 rings (SSSR count). The first-order chi connectivity index (χ1) is 12.6. The lowest BCUT2D eigenvalue weighted by atomic mass is 10.1. The molecule has 2 aromatic carbocycles. The largest absolute Gasteiger partial charge is 0.489 e. The fraction of sp³-hybridized carbons (Fsp3) is 0.316. The van der Waals surface area contributed by atoms with E-state index >= 15 is 0 Å². The molecule has 8 heteroatoms. The van der Waals surface area contributed by atoms with Gasteiger partial charge in [-0.2, -0.15) is 13.2 Å². The van der Waals surface area contributed by atoms with Crippen LogP contribution in [0.3, 0.4) is 0 Å². The lowest BCUT2D eigenvalue weighted by molar-refractivity contribution is -0.119. The Morgan fingerprint density at radius 2 is 1.81 bits per heavy atom. The van der Waals surface area contributed by atoms with Crippen molar-refractivity contribution in [3.8, 4) is 5.75 Å². The number of aryl methyl sites for hydroxylation is 1. The molecule has 0 aliphatic heterocycles. The van der Waals surface area contributed by atoms with E-state index in [-0.39, 0.29) is 23.3 Å². The van der Waals surface area contributed by atoms with Crippen LogP contribution < -0.4 is 15.8 Å². The molecule has 3 N–H and O–H groups in total. The first-order valence-corrected chi connectivity index (χ1v) is 9.05. The molecule has 0 heterocycles. The number of thioether (sulfide) groups is 1. The molecule has 0 aliphatic rings. The fourth-order valence-electron chi connectivity index (χ4n) is 2.30. The topological polar surface area (TPSA) is 64.3 Å². The third-order valence-electron chi connectivity index (χ3n) is 3.83. The molecule has 0 radical (unpaired) electrons. The van der Waals surface area contributed by atoms with Gasteiger partial charge in [0, 0.05) is 11.4 Å². The zero-order valence-electron chi connectivity index (χ0n) is 15.0. The van der Waals surface area contributed by atoms with Crippen molar-refractivity contribution >= 4 is 17.7 Å². The third kappa shape index (κ3) is 7.15. The van der Waals surface area contributed by atoms with Crippen LogP contribution in [0.15, 0.2) is 47.4 Å². The van der Waals surface area contributed by atoms with Gasteiger partial charge in [0.15, 0.2) is 0 Å². The third-order valence-corrected chi connectivity index (χ3v) is 4.57. The van der Waals surface area contributed by atoms with Crippen LogP contribution in [0.4, 0.5) is 13.2 Å². The maximum absolute atomic E-state index is 12.3. The van der Waals surface area contributed by atoms with Crippen molar-refractivity contribution in [3.05, 3.63) is 59.2 Å². The van der Waals surface area contributed by atoms with Crippen molar-refractivity contribution in [2.45, 2.75) is 43.4 Å². The molecule has 0 aliphatic carbocycles. The van der Waals surface area contributed by atoms with Crippen molar-refractivity contribution in [1.29, 1.82) is 0 Å². The number of ether oxygens (including phenoxy) is 1. The number of nitrogens with one attached hydrogen (secondary N) is 1. The maximum atomic E-state index is 12.3. The van der Waals surface area contributed by atoms with Gasteiger partial charge < -0.3 is 15.8 Å². The monoisotopic (exact) mass is 398 g/mol. The second-order valence-electron chi connectivity index (χ2n) is 6.09. The summed E-state index contributed by atoms with van der Waals surface area (Å²) in [5, 5.41) is 3.03. The van der Waals surface area contributed by atoms with Crippen LogP contribution in [0.2, 0.25) is 0 Å². The van der Waals surface area contributed by atoms with E-state index < -0.39 is 17.5 Å². The first-order valence-electron chi connectivity index (χ1n) is 8.24. The van der Waals surface area contributed by atoms with Crippen molar-refractivity contribution in [2.24, 2.45) is 5.73 Å². The van der Waals surface area contributed by atoms with E-state index in [2.05, 4.69) is 5.32 Å². The van der Waals surface area contributed by atoms with E-state index in [0.717, 1.165) is 16.7 Å². The number of nitrogens with two attached hydrogens (primary N) is 1. The van der Waals surface area contributed by atoms with Gasteiger partial charge in [0.25, 0.3) is 0 Å². The summed E-state index contributed by atoms with van der Waals surface area (Å²) < 4.78 is 42.8. The highest BCUT2D eigenvalue weighted by Gasteiger charge is 2.28. The number of hydrogen-bond donors (Lipinski definition) is 2.